The van der Waals surface area contributed by atoms with E-state index in [1.165, 1.54) is 20.8 Å². The van der Waals surface area contributed by atoms with Crippen LogP contribution in [0, 0.1) is 0 Å². The van der Waals surface area contributed by atoms with Crippen LogP contribution in [0.1, 0.15) is 20.8 Å². The molecule has 0 aliphatic rings. The summed E-state index contributed by atoms with van der Waals surface area (Å²) >= 11 is 0. The molecule has 0 bridgehead atoms. The predicted molar refractivity (Wildman–Crippen MR) is 69.1 cm³/mol. The van der Waals surface area contributed by atoms with Gasteiger partial charge in [0.2, 0.25) is 5.78 Å². The summed E-state index contributed by atoms with van der Waals surface area (Å²) in [6.45, 7) is 7.18. The molecule has 20 heavy (non-hydrogen) atoms. The molecule has 0 saturated heterocycles. The first kappa shape index (κ1) is 17.9. The van der Waals surface area contributed by atoms with Crippen LogP contribution in [0.15, 0.2) is 47.1 Å². The van der Waals surface area contributed by atoms with E-state index >= 15 is 0 Å². The fourth-order valence-electron chi connectivity index (χ4n) is 1.52. The topological polar surface area (TPSA) is 54.4 Å². The number of carboxylic acids is 1. The van der Waals surface area contributed by atoms with Gasteiger partial charge in [0.15, 0.2) is 0 Å². The maximum Gasteiger partial charge on any atom is 0.417 e. The summed E-state index contributed by atoms with van der Waals surface area (Å²) in [5.41, 5.74) is -2.83. The molecule has 1 N–H and O–H groups in total. The van der Waals surface area contributed by atoms with Gasteiger partial charge in [0.1, 0.15) is 5.57 Å². The van der Waals surface area contributed by atoms with E-state index in [-0.39, 0.29) is 5.57 Å². The van der Waals surface area contributed by atoms with Gasteiger partial charge in [0, 0.05) is 5.57 Å². The van der Waals surface area contributed by atoms with Gasteiger partial charge in [-0.1, -0.05) is 24.8 Å². The molecule has 6 heteroatoms. The molecule has 0 fully saturated rings. The Morgan fingerprint density at radius 3 is 1.95 bits per heavy atom. The molecule has 0 spiro atoms. The Bertz CT molecular complexity index is 520. The summed E-state index contributed by atoms with van der Waals surface area (Å²) < 4.78 is 38.9. The van der Waals surface area contributed by atoms with E-state index in [0.717, 1.165) is 18.2 Å². The molecule has 110 valence electrons. The highest BCUT2D eigenvalue weighted by molar-refractivity contribution is 6.25. The minimum absolute atomic E-state index is 0.152. The van der Waals surface area contributed by atoms with Crippen LogP contribution in [-0.4, -0.2) is 23.0 Å². The van der Waals surface area contributed by atoms with Gasteiger partial charge in [0.05, 0.1) is 5.57 Å². The molecule has 0 aromatic rings. The Morgan fingerprint density at radius 1 is 1.20 bits per heavy atom. The largest absolute Gasteiger partial charge is 0.478 e. The number of allylic oxidation sites excluding steroid dienone is 6. The Morgan fingerprint density at radius 2 is 1.70 bits per heavy atom. The molecule has 0 aromatic carbocycles. The van der Waals surface area contributed by atoms with Gasteiger partial charge in [-0.3, -0.25) is 4.79 Å². The van der Waals surface area contributed by atoms with Crippen molar-refractivity contribution in [3.05, 3.63) is 47.1 Å². The van der Waals surface area contributed by atoms with Crippen molar-refractivity contribution < 1.29 is 27.9 Å². The van der Waals surface area contributed by atoms with Crippen molar-refractivity contribution in [1.82, 2.24) is 0 Å². The lowest BCUT2D eigenvalue weighted by molar-refractivity contribution is -0.134. The lowest BCUT2D eigenvalue weighted by Gasteiger charge is -2.15. The first-order chi connectivity index (χ1) is 9.07. The molecule has 0 aliphatic carbocycles. The summed E-state index contributed by atoms with van der Waals surface area (Å²) in [6.07, 6.45) is -1.99. The lowest BCUT2D eigenvalue weighted by atomic mass is 9.92. The third-order valence-electron chi connectivity index (χ3n) is 2.33. The van der Waals surface area contributed by atoms with Crippen LogP contribution >= 0.6 is 0 Å². The fraction of sp³-hybridized carbons (Fsp3) is 0.286. The maximum absolute atomic E-state index is 13.0. The SMILES string of the molecule is C=C(C)/C(C(=O)/C(=C\C)C(=O)O)=C(\C=C/C)C(F)(F)F. The van der Waals surface area contributed by atoms with Gasteiger partial charge in [-0.05, 0) is 26.3 Å². The van der Waals surface area contributed by atoms with Crippen molar-refractivity contribution in [2.45, 2.75) is 26.9 Å². The number of ketones is 1. The quantitative estimate of drug-likeness (QED) is 0.364. The summed E-state index contributed by atoms with van der Waals surface area (Å²) in [7, 11) is 0. The van der Waals surface area contributed by atoms with Crippen molar-refractivity contribution in [2.75, 3.05) is 0 Å². The van der Waals surface area contributed by atoms with Crippen LogP contribution in [0.25, 0.3) is 0 Å². The van der Waals surface area contributed by atoms with Crippen LogP contribution < -0.4 is 0 Å². The maximum atomic E-state index is 13.0. The monoisotopic (exact) mass is 288 g/mol. The minimum atomic E-state index is -4.78. The first-order valence-electron chi connectivity index (χ1n) is 5.62. The van der Waals surface area contributed by atoms with Crippen LogP contribution in [0.2, 0.25) is 0 Å². The first-order valence-corrected chi connectivity index (χ1v) is 5.62. The van der Waals surface area contributed by atoms with E-state index in [2.05, 4.69) is 6.58 Å². The standard InChI is InChI=1S/C14H15F3O3/c1-5-7-10(14(15,16)17)11(8(3)4)12(18)9(6-2)13(19)20/h5-7H,3H2,1-2,4H3,(H,19,20)/b7-5-,9-6+,11-10-. The number of halogens is 3. The van der Waals surface area contributed by atoms with E-state index in [1.54, 1.807) is 0 Å². The molecule has 0 rings (SSSR count). The number of aliphatic carboxylic acids is 1. The van der Waals surface area contributed by atoms with Gasteiger partial charge in [-0.15, -0.1) is 0 Å². The van der Waals surface area contributed by atoms with Crippen LogP contribution in [-0.2, 0) is 9.59 Å². The van der Waals surface area contributed by atoms with E-state index in [0.29, 0.717) is 0 Å². The average molecular weight is 288 g/mol. The second-order valence-electron chi connectivity index (χ2n) is 3.90. The van der Waals surface area contributed by atoms with Gasteiger partial charge in [-0.2, -0.15) is 13.2 Å². The number of carbonyl (C=O) groups excluding carboxylic acids is 1. The normalized spacial score (nSPS) is 14.2. The molecule has 0 unspecified atom stereocenters. The second kappa shape index (κ2) is 6.88. The van der Waals surface area contributed by atoms with Gasteiger partial charge in [-0.25, -0.2) is 4.79 Å². The Kier molecular flexibility index (Phi) is 6.16. The molecule has 0 radical (unpaired) electrons. The average Bonchev–Trinajstić information content (AvgIpc) is 2.26. The van der Waals surface area contributed by atoms with Gasteiger partial charge >= 0.3 is 12.1 Å². The number of carboxylic acid groups (broad SMARTS) is 1. The molecule has 0 aromatic heterocycles. The summed E-state index contributed by atoms with van der Waals surface area (Å²) in [6, 6.07) is 0. The van der Waals surface area contributed by atoms with Crippen molar-refractivity contribution in [2.24, 2.45) is 0 Å². The zero-order valence-electron chi connectivity index (χ0n) is 11.3. The summed E-state index contributed by atoms with van der Waals surface area (Å²) in [5.74, 6) is -2.80. The van der Waals surface area contributed by atoms with Crippen molar-refractivity contribution in [1.29, 1.82) is 0 Å². The molecule has 0 heterocycles. The van der Waals surface area contributed by atoms with Gasteiger partial charge in [0.25, 0.3) is 0 Å². The van der Waals surface area contributed by atoms with E-state index in [4.69, 9.17) is 5.11 Å². The van der Waals surface area contributed by atoms with Crippen molar-refractivity contribution in [3.63, 3.8) is 0 Å². The Balaban J connectivity index is 6.32. The number of alkyl halides is 3. The molecule has 3 nitrogen and oxygen atoms in total. The summed E-state index contributed by atoms with van der Waals surface area (Å²) in [5, 5.41) is 8.85. The fourth-order valence-corrected chi connectivity index (χ4v) is 1.52. The number of Topliss-reactive ketones (excluding diaryl/α,β-unsaturated/α-hetero) is 1. The Labute approximate surface area is 114 Å². The zero-order chi connectivity index (χ0) is 16.1. The van der Waals surface area contributed by atoms with Crippen molar-refractivity contribution >= 4 is 11.8 Å². The van der Waals surface area contributed by atoms with Crippen molar-refractivity contribution in [3.8, 4) is 0 Å². The number of carbonyl (C=O) groups is 2. The minimum Gasteiger partial charge on any atom is -0.478 e. The highest BCUT2D eigenvalue weighted by atomic mass is 19.4. The van der Waals surface area contributed by atoms with E-state index in [9.17, 15) is 22.8 Å². The third kappa shape index (κ3) is 4.22. The highest BCUT2D eigenvalue weighted by Crippen LogP contribution is 2.33. The number of hydrogen-bond acceptors (Lipinski definition) is 2. The zero-order valence-corrected chi connectivity index (χ0v) is 11.3. The molecular weight excluding hydrogens is 273 g/mol. The molecule has 0 amide bonds. The molecular formula is C14H15F3O3. The lowest BCUT2D eigenvalue weighted by Crippen LogP contribution is -2.21. The second-order valence-corrected chi connectivity index (χ2v) is 3.90. The number of hydrogen-bond donors (Lipinski definition) is 1. The van der Waals surface area contributed by atoms with Crippen LogP contribution in [0.4, 0.5) is 13.2 Å². The molecule has 0 aliphatic heterocycles. The summed E-state index contributed by atoms with van der Waals surface area (Å²) in [4.78, 5) is 22.9. The van der Waals surface area contributed by atoms with Gasteiger partial charge < -0.3 is 5.11 Å². The Hall–Kier alpha value is -2.11. The van der Waals surface area contributed by atoms with E-state index in [1.807, 2.05) is 0 Å². The highest BCUT2D eigenvalue weighted by Gasteiger charge is 2.37. The smallest absolute Gasteiger partial charge is 0.417 e. The predicted octanol–water partition coefficient (Wildman–Crippen LogP) is 3.60. The van der Waals surface area contributed by atoms with Crippen LogP contribution in [0.3, 0.4) is 0 Å². The molecule has 0 saturated carbocycles. The number of rotatable bonds is 5. The van der Waals surface area contributed by atoms with Crippen LogP contribution in [0.5, 0.6) is 0 Å². The van der Waals surface area contributed by atoms with E-state index < -0.39 is 34.6 Å². The third-order valence-corrected chi connectivity index (χ3v) is 2.33. The molecule has 0 atom stereocenters.